The molecule has 1 saturated carbocycles. The lowest BCUT2D eigenvalue weighted by Gasteiger charge is -2.16. The molecule has 1 aliphatic carbocycles. The number of rotatable bonds is 5. The summed E-state index contributed by atoms with van der Waals surface area (Å²) in [6, 6.07) is 8.01. The lowest BCUT2D eigenvalue weighted by molar-refractivity contribution is 0.0813. The van der Waals surface area contributed by atoms with Crippen LogP contribution >= 0.6 is 11.3 Å². The predicted octanol–water partition coefficient (Wildman–Crippen LogP) is 4.31. The summed E-state index contributed by atoms with van der Waals surface area (Å²) in [7, 11) is 0. The maximum Gasteiger partial charge on any atom is 0.124 e. The zero-order valence-corrected chi connectivity index (χ0v) is 13.5. The summed E-state index contributed by atoms with van der Waals surface area (Å²) in [5, 5.41) is 11.4. The topological polar surface area (TPSA) is 42.4 Å². The highest BCUT2D eigenvalue weighted by atomic mass is 32.1. The molecule has 0 unspecified atom stereocenters. The van der Waals surface area contributed by atoms with E-state index in [2.05, 4.69) is 0 Å². The van der Waals surface area contributed by atoms with Crippen molar-refractivity contribution in [2.75, 3.05) is 6.61 Å². The Hall–Kier alpha value is -1.39. The molecule has 0 aliphatic heterocycles. The fraction of sp³-hybridized carbons (Fsp3) is 0.471. The largest absolute Gasteiger partial charge is 0.494 e. The fourth-order valence-electron chi connectivity index (χ4n) is 2.41. The van der Waals surface area contributed by atoms with Crippen LogP contribution in [-0.2, 0) is 5.60 Å². The van der Waals surface area contributed by atoms with E-state index in [1.165, 1.54) is 12.8 Å². The Kier molecular flexibility index (Phi) is 3.76. The molecule has 1 aromatic heterocycles. The second kappa shape index (κ2) is 5.43. The van der Waals surface area contributed by atoms with E-state index < -0.39 is 5.60 Å². The molecule has 0 radical (unpaired) electrons. The van der Waals surface area contributed by atoms with Gasteiger partial charge < -0.3 is 9.84 Å². The van der Waals surface area contributed by atoms with Gasteiger partial charge in [0.25, 0.3) is 0 Å². The van der Waals surface area contributed by atoms with Gasteiger partial charge in [-0.3, -0.25) is 0 Å². The van der Waals surface area contributed by atoms with Gasteiger partial charge in [0.15, 0.2) is 0 Å². The third-order valence-corrected chi connectivity index (χ3v) is 5.00. The highest BCUT2D eigenvalue weighted by molar-refractivity contribution is 7.15. The number of hydrogen-bond acceptors (Lipinski definition) is 4. The molecule has 1 heterocycles. The van der Waals surface area contributed by atoms with Crippen LogP contribution in [0.5, 0.6) is 5.75 Å². The smallest absolute Gasteiger partial charge is 0.124 e. The van der Waals surface area contributed by atoms with Gasteiger partial charge in [0.05, 0.1) is 22.8 Å². The minimum absolute atomic E-state index is 0.534. The van der Waals surface area contributed by atoms with Gasteiger partial charge in [-0.25, -0.2) is 4.98 Å². The van der Waals surface area contributed by atoms with E-state index in [0.29, 0.717) is 12.5 Å². The summed E-state index contributed by atoms with van der Waals surface area (Å²) in [6.45, 7) is 6.32. The van der Waals surface area contributed by atoms with Gasteiger partial charge in [-0.15, -0.1) is 11.3 Å². The fourth-order valence-corrected chi connectivity index (χ4v) is 3.56. The first-order valence-corrected chi connectivity index (χ1v) is 8.27. The summed E-state index contributed by atoms with van der Waals surface area (Å²) >= 11 is 1.60. The summed E-state index contributed by atoms with van der Waals surface area (Å²) < 4.78 is 5.56. The molecule has 0 atom stereocenters. The molecule has 112 valence electrons. The Bertz CT molecular complexity index is 638. The zero-order valence-electron chi connectivity index (χ0n) is 12.7. The van der Waals surface area contributed by atoms with Gasteiger partial charge >= 0.3 is 0 Å². The van der Waals surface area contributed by atoms with Crippen molar-refractivity contribution < 1.29 is 9.84 Å². The van der Waals surface area contributed by atoms with Crippen LogP contribution in [-0.4, -0.2) is 16.7 Å². The average molecular weight is 303 g/mol. The maximum absolute atomic E-state index is 10.4. The normalized spacial score (nSPS) is 15.2. The van der Waals surface area contributed by atoms with Crippen molar-refractivity contribution in [1.82, 2.24) is 4.98 Å². The molecule has 0 bridgehead atoms. The third kappa shape index (κ3) is 3.11. The van der Waals surface area contributed by atoms with E-state index in [9.17, 15) is 5.11 Å². The van der Waals surface area contributed by atoms with Crippen LogP contribution < -0.4 is 4.74 Å². The minimum atomic E-state index is -0.828. The van der Waals surface area contributed by atoms with E-state index >= 15 is 0 Å². The Morgan fingerprint density at radius 3 is 2.76 bits per heavy atom. The van der Waals surface area contributed by atoms with E-state index in [4.69, 9.17) is 9.72 Å². The van der Waals surface area contributed by atoms with E-state index in [1.807, 2.05) is 45.0 Å². The molecular weight excluding hydrogens is 282 g/mol. The zero-order chi connectivity index (χ0) is 15.0. The van der Waals surface area contributed by atoms with Crippen molar-refractivity contribution in [3.05, 3.63) is 34.8 Å². The molecule has 2 aromatic rings. The Morgan fingerprint density at radius 1 is 1.38 bits per heavy atom. The number of ether oxygens (including phenoxy) is 1. The monoisotopic (exact) mass is 303 g/mol. The Labute approximate surface area is 129 Å². The lowest BCUT2D eigenvalue weighted by atomic mass is 10.0. The van der Waals surface area contributed by atoms with Gasteiger partial charge in [0.2, 0.25) is 0 Å². The number of aliphatic hydroxyl groups is 1. The third-order valence-electron chi connectivity index (χ3n) is 3.57. The predicted molar refractivity (Wildman–Crippen MR) is 85.9 cm³/mol. The SMILES string of the molecule is CCOc1cccc(-c2nc(C3CC3)c(C(C)(C)O)s2)c1. The van der Waals surface area contributed by atoms with Crippen LogP contribution in [0.1, 0.15) is 50.1 Å². The van der Waals surface area contributed by atoms with Crippen molar-refractivity contribution in [2.45, 2.75) is 45.1 Å². The van der Waals surface area contributed by atoms with Gasteiger partial charge in [0, 0.05) is 11.5 Å². The quantitative estimate of drug-likeness (QED) is 0.894. The summed E-state index contributed by atoms with van der Waals surface area (Å²) in [5.41, 5.74) is 1.32. The highest BCUT2D eigenvalue weighted by Crippen LogP contribution is 2.47. The summed E-state index contributed by atoms with van der Waals surface area (Å²) in [5.74, 6) is 1.40. The van der Waals surface area contributed by atoms with Gasteiger partial charge in [-0.1, -0.05) is 12.1 Å². The Morgan fingerprint density at radius 2 is 2.14 bits per heavy atom. The first-order chi connectivity index (χ1) is 9.99. The first kappa shape index (κ1) is 14.5. The number of hydrogen-bond donors (Lipinski definition) is 1. The van der Waals surface area contributed by atoms with E-state index in [1.54, 1.807) is 11.3 Å². The van der Waals surface area contributed by atoms with Crippen molar-refractivity contribution in [3.8, 4) is 16.3 Å². The molecule has 0 spiro atoms. The van der Waals surface area contributed by atoms with E-state index in [0.717, 1.165) is 26.9 Å². The summed E-state index contributed by atoms with van der Waals surface area (Å²) in [4.78, 5) is 5.81. The minimum Gasteiger partial charge on any atom is -0.494 e. The van der Waals surface area contributed by atoms with Gasteiger partial charge in [-0.05, 0) is 45.7 Å². The second-order valence-electron chi connectivity index (χ2n) is 6.03. The molecule has 21 heavy (non-hydrogen) atoms. The molecule has 4 heteroatoms. The highest BCUT2D eigenvalue weighted by Gasteiger charge is 2.34. The van der Waals surface area contributed by atoms with Crippen LogP contribution in [0.25, 0.3) is 10.6 Å². The summed E-state index contributed by atoms with van der Waals surface area (Å²) in [6.07, 6.45) is 2.37. The molecule has 0 amide bonds. The van der Waals surface area contributed by atoms with Crippen molar-refractivity contribution >= 4 is 11.3 Å². The van der Waals surface area contributed by atoms with Crippen LogP contribution in [0.15, 0.2) is 24.3 Å². The standard InChI is InChI=1S/C17H21NO2S/c1-4-20-13-7-5-6-12(10-13)16-18-14(11-8-9-11)15(21-16)17(2,3)19/h5-7,10-11,19H,4,8-9H2,1-3H3. The molecule has 1 aromatic carbocycles. The van der Waals surface area contributed by atoms with Gasteiger partial charge in [0.1, 0.15) is 10.8 Å². The molecule has 3 rings (SSSR count). The van der Waals surface area contributed by atoms with Crippen LogP contribution in [0.2, 0.25) is 0 Å². The molecule has 3 nitrogen and oxygen atoms in total. The maximum atomic E-state index is 10.4. The molecule has 1 N–H and O–H groups in total. The number of benzene rings is 1. The number of aromatic nitrogens is 1. The molecule has 0 saturated heterocycles. The van der Waals surface area contributed by atoms with Gasteiger partial charge in [-0.2, -0.15) is 0 Å². The lowest BCUT2D eigenvalue weighted by Crippen LogP contribution is -2.15. The van der Waals surface area contributed by atoms with E-state index in [-0.39, 0.29) is 0 Å². The Balaban J connectivity index is 2.01. The van der Waals surface area contributed by atoms with Crippen molar-refractivity contribution in [2.24, 2.45) is 0 Å². The second-order valence-corrected chi connectivity index (χ2v) is 7.03. The average Bonchev–Trinajstić information content (AvgIpc) is 3.16. The molecule has 1 aliphatic rings. The van der Waals surface area contributed by atoms with Crippen molar-refractivity contribution in [3.63, 3.8) is 0 Å². The van der Waals surface area contributed by atoms with Crippen LogP contribution in [0.3, 0.4) is 0 Å². The number of nitrogens with zero attached hydrogens (tertiary/aromatic N) is 1. The van der Waals surface area contributed by atoms with Crippen LogP contribution in [0, 0.1) is 0 Å². The molecule has 1 fully saturated rings. The molecular formula is C17H21NO2S. The number of thiazole rings is 1. The first-order valence-electron chi connectivity index (χ1n) is 7.46. The van der Waals surface area contributed by atoms with Crippen molar-refractivity contribution in [1.29, 1.82) is 0 Å². The van der Waals surface area contributed by atoms with Crippen LogP contribution in [0.4, 0.5) is 0 Å².